The van der Waals surface area contributed by atoms with Crippen molar-refractivity contribution in [3.8, 4) is 5.75 Å². The molecule has 1 aliphatic rings. The highest BCUT2D eigenvalue weighted by Gasteiger charge is 2.29. The number of benzene rings is 2. The monoisotopic (exact) mass is 471 g/mol. The maximum Gasteiger partial charge on any atom is 0.244 e. The van der Waals surface area contributed by atoms with Gasteiger partial charge in [0.25, 0.3) is 0 Å². The van der Waals surface area contributed by atoms with Gasteiger partial charge in [0, 0.05) is 13.1 Å². The van der Waals surface area contributed by atoms with E-state index in [1.807, 2.05) is 0 Å². The summed E-state index contributed by atoms with van der Waals surface area (Å²) in [4.78, 5) is 11.7. The van der Waals surface area contributed by atoms with Crippen LogP contribution in [0, 0.1) is 5.82 Å². The van der Waals surface area contributed by atoms with Crippen molar-refractivity contribution in [1.82, 2.24) is 9.03 Å². The van der Waals surface area contributed by atoms with Gasteiger partial charge in [0.1, 0.15) is 16.5 Å². The molecule has 3 rings (SSSR count). The number of anilines is 1. The molecule has 1 heterocycles. The Morgan fingerprint density at radius 2 is 1.74 bits per heavy atom. The molecule has 2 aromatic rings. The Hall–Kier alpha value is -2.54. The first kappa shape index (κ1) is 23.1. The molecule has 1 atom stereocenters. The number of amides is 1. The van der Waals surface area contributed by atoms with Crippen LogP contribution in [0.3, 0.4) is 0 Å². The lowest BCUT2D eigenvalue weighted by Crippen LogP contribution is -2.41. The van der Waals surface area contributed by atoms with Crippen LogP contribution in [-0.2, 0) is 24.8 Å². The van der Waals surface area contributed by atoms with E-state index in [-0.39, 0.29) is 10.6 Å². The highest BCUT2D eigenvalue weighted by Crippen LogP contribution is 2.29. The average molecular weight is 472 g/mol. The van der Waals surface area contributed by atoms with E-state index >= 15 is 0 Å². The van der Waals surface area contributed by atoms with Crippen LogP contribution in [0.15, 0.2) is 52.3 Å². The average Bonchev–Trinajstić information content (AvgIpc) is 3.25. The van der Waals surface area contributed by atoms with E-state index in [9.17, 15) is 31.1 Å². The summed E-state index contributed by atoms with van der Waals surface area (Å²) in [5.41, 5.74) is -0.192. The molecule has 0 aromatic heterocycles. The molecular weight excluding hydrogens is 449 g/mol. The Kier molecular flexibility index (Phi) is 6.65. The Labute approximate surface area is 180 Å². The molecule has 0 bridgehead atoms. The van der Waals surface area contributed by atoms with Gasteiger partial charge in [-0.2, -0.15) is 9.03 Å². The molecular formula is C19H22FN3O6S2. The number of carbonyl (C=O) groups is 1. The highest BCUT2D eigenvalue weighted by atomic mass is 32.2. The zero-order valence-corrected chi connectivity index (χ0v) is 18.2. The number of rotatable bonds is 7. The lowest BCUT2D eigenvalue weighted by atomic mass is 10.2. The summed E-state index contributed by atoms with van der Waals surface area (Å²) in [6, 6.07) is 6.82. The smallest absolute Gasteiger partial charge is 0.244 e. The lowest BCUT2D eigenvalue weighted by molar-refractivity contribution is -0.117. The zero-order chi connectivity index (χ0) is 22.8. The molecule has 1 saturated heterocycles. The third-order valence-corrected chi connectivity index (χ3v) is 8.25. The standard InChI is InChI=1S/C19H22FN3O6S2/c1-13(22-30(26,27)18-7-3-2-6-15(18)20)19(25)21-16-12-14(8-9-17(16)24)31(28,29)23-10-4-5-11-23/h2-3,6-9,12-13,22,24H,4-5,10-11H2,1H3,(H,21,25)/t13-/m0/s1. The van der Waals surface area contributed by atoms with Crippen LogP contribution in [0.4, 0.5) is 10.1 Å². The van der Waals surface area contributed by atoms with E-state index in [2.05, 4.69) is 10.0 Å². The van der Waals surface area contributed by atoms with Crippen molar-refractivity contribution in [2.45, 2.75) is 35.6 Å². The second-order valence-corrected chi connectivity index (χ2v) is 10.7. The van der Waals surface area contributed by atoms with E-state index < -0.39 is 48.5 Å². The first-order valence-electron chi connectivity index (χ1n) is 9.43. The van der Waals surface area contributed by atoms with Crippen LogP contribution in [-0.4, -0.2) is 51.3 Å². The summed E-state index contributed by atoms with van der Waals surface area (Å²) in [6.45, 7) is 2.01. The van der Waals surface area contributed by atoms with Gasteiger partial charge in [0.05, 0.1) is 16.6 Å². The summed E-state index contributed by atoms with van der Waals surface area (Å²) >= 11 is 0. The minimum Gasteiger partial charge on any atom is -0.506 e. The first-order valence-corrected chi connectivity index (χ1v) is 12.4. The topological polar surface area (TPSA) is 133 Å². The molecule has 31 heavy (non-hydrogen) atoms. The van der Waals surface area contributed by atoms with E-state index in [1.165, 1.54) is 29.4 Å². The quantitative estimate of drug-likeness (QED) is 0.526. The molecule has 12 heteroatoms. The van der Waals surface area contributed by atoms with E-state index in [0.29, 0.717) is 13.1 Å². The number of halogens is 1. The molecule has 1 aliphatic heterocycles. The molecule has 2 aromatic carbocycles. The molecule has 0 saturated carbocycles. The van der Waals surface area contributed by atoms with Gasteiger partial charge in [0.15, 0.2) is 0 Å². The maximum atomic E-state index is 13.8. The predicted molar refractivity (Wildman–Crippen MR) is 111 cm³/mol. The molecule has 0 radical (unpaired) electrons. The summed E-state index contributed by atoms with van der Waals surface area (Å²) < 4.78 is 67.3. The number of nitrogens with one attached hydrogen (secondary N) is 2. The summed E-state index contributed by atoms with van der Waals surface area (Å²) in [5.74, 6) is -2.23. The minimum absolute atomic E-state index is 0.109. The zero-order valence-electron chi connectivity index (χ0n) is 16.6. The number of aromatic hydroxyl groups is 1. The van der Waals surface area contributed by atoms with Crippen LogP contribution in [0.5, 0.6) is 5.75 Å². The third kappa shape index (κ3) is 5.03. The normalized spacial score (nSPS) is 16.2. The van der Waals surface area contributed by atoms with Gasteiger partial charge >= 0.3 is 0 Å². The van der Waals surface area contributed by atoms with Crippen LogP contribution in [0.2, 0.25) is 0 Å². The van der Waals surface area contributed by atoms with Gasteiger partial charge in [-0.15, -0.1) is 0 Å². The van der Waals surface area contributed by atoms with Crippen molar-refractivity contribution in [2.75, 3.05) is 18.4 Å². The predicted octanol–water partition coefficient (Wildman–Crippen LogP) is 1.62. The fourth-order valence-electron chi connectivity index (χ4n) is 3.11. The molecule has 3 N–H and O–H groups in total. The van der Waals surface area contributed by atoms with Crippen LogP contribution in [0.25, 0.3) is 0 Å². The molecule has 168 valence electrons. The number of hydrogen-bond acceptors (Lipinski definition) is 6. The summed E-state index contributed by atoms with van der Waals surface area (Å²) in [6.07, 6.45) is 1.50. The number of phenolic OH excluding ortho intramolecular Hbond substituents is 1. The van der Waals surface area contributed by atoms with Gasteiger partial charge < -0.3 is 10.4 Å². The minimum atomic E-state index is -4.33. The fourth-order valence-corrected chi connectivity index (χ4v) is 5.93. The van der Waals surface area contributed by atoms with Gasteiger partial charge in [0.2, 0.25) is 26.0 Å². The SMILES string of the molecule is C[C@H](NS(=O)(=O)c1ccccc1F)C(=O)Nc1cc(S(=O)(=O)N2CCCC2)ccc1O. The van der Waals surface area contributed by atoms with Gasteiger partial charge in [-0.3, -0.25) is 4.79 Å². The Balaban J connectivity index is 1.77. The molecule has 0 aliphatic carbocycles. The van der Waals surface area contributed by atoms with Crippen LogP contribution >= 0.6 is 0 Å². The lowest BCUT2D eigenvalue weighted by Gasteiger charge is -2.18. The Bertz CT molecular complexity index is 1190. The van der Waals surface area contributed by atoms with Gasteiger partial charge in [-0.25, -0.2) is 21.2 Å². The van der Waals surface area contributed by atoms with Crippen LogP contribution < -0.4 is 10.0 Å². The number of hydrogen-bond donors (Lipinski definition) is 3. The van der Waals surface area contributed by atoms with Gasteiger partial charge in [-0.05, 0) is 50.1 Å². The van der Waals surface area contributed by atoms with E-state index in [4.69, 9.17) is 0 Å². The molecule has 1 amide bonds. The summed E-state index contributed by atoms with van der Waals surface area (Å²) in [7, 11) is -8.12. The van der Waals surface area contributed by atoms with E-state index in [0.717, 1.165) is 37.1 Å². The molecule has 1 fully saturated rings. The van der Waals surface area contributed by atoms with Gasteiger partial charge in [-0.1, -0.05) is 12.1 Å². The Morgan fingerprint density at radius 3 is 2.39 bits per heavy atom. The third-order valence-electron chi connectivity index (χ3n) is 4.78. The van der Waals surface area contributed by atoms with Crippen molar-refractivity contribution in [1.29, 1.82) is 0 Å². The maximum absolute atomic E-state index is 13.8. The van der Waals surface area contributed by atoms with Crippen LogP contribution in [0.1, 0.15) is 19.8 Å². The second kappa shape index (κ2) is 8.91. The van der Waals surface area contributed by atoms with E-state index in [1.54, 1.807) is 0 Å². The Morgan fingerprint density at radius 1 is 1.10 bits per heavy atom. The molecule has 9 nitrogen and oxygen atoms in total. The van der Waals surface area contributed by atoms with Crippen molar-refractivity contribution in [3.05, 3.63) is 48.3 Å². The highest BCUT2D eigenvalue weighted by molar-refractivity contribution is 7.89. The van der Waals surface area contributed by atoms with Crippen molar-refractivity contribution < 1.29 is 31.1 Å². The van der Waals surface area contributed by atoms with Crippen molar-refractivity contribution in [2.24, 2.45) is 0 Å². The fraction of sp³-hybridized carbons (Fsp3) is 0.316. The second-order valence-electron chi connectivity index (χ2n) is 7.05. The largest absolute Gasteiger partial charge is 0.506 e. The summed E-state index contributed by atoms with van der Waals surface area (Å²) in [5, 5.41) is 12.3. The van der Waals surface area contributed by atoms with Crippen molar-refractivity contribution in [3.63, 3.8) is 0 Å². The number of phenols is 1. The molecule has 0 spiro atoms. The number of sulfonamides is 2. The first-order chi connectivity index (χ1) is 14.5. The number of nitrogens with zero attached hydrogens (tertiary/aromatic N) is 1. The van der Waals surface area contributed by atoms with Crippen molar-refractivity contribution >= 4 is 31.6 Å². The molecule has 0 unspecified atom stereocenters. The number of carbonyl (C=O) groups excluding carboxylic acids is 1.